The number of carbonyl (C=O) groups excluding carboxylic acids is 1. The number of unbranched alkanes of at least 4 members (excludes halogenated alkanes) is 1. The van der Waals surface area contributed by atoms with Gasteiger partial charge in [0.1, 0.15) is 0 Å². The molecule has 1 saturated carbocycles. The van der Waals surface area contributed by atoms with Crippen molar-refractivity contribution in [3.63, 3.8) is 0 Å². The number of hydrogen-bond donors (Lipinski definition) is 2. The summed E-state index contributed by atoms with van der Waals surface area (Å²) >= 11 is 0. The van der Waals surface area contributed by atoms with Gasteiger partial charge in [-0.25, -0.2) is 0 Å². The summed E-state index contributed by atoms with van der Waals surface area (Å²) in [5.74, 6) is 1.11. The molecule has 2 rings (SSSR count). The van der Waals surface area contributed by atoms with Gasteiger partial charge in [-0.05, 0) is 26.2 Å². The average Bonchev–Trinajstić information content (AvgIpc) is 3.08. The second-order valence-corrected chi connectivity index (χ2v) is 8.11. The molecule has 0 radical (unpaired) electrons. The van der Waals surface area contributed by atoms with E-state index in [1.165, 1.54) is 6.42 Å². The summed E-state index contributed by atoms with van der Waals surface area (Å²) in [5, 5.41) is 7.14. The Hall–Kier alpha value is -0.570. The van der Waals surface area contributed by atoms with Gasteiger partial charge >= 0.3 is 0 Å². The Morgan fingerprint density at radius 3 is 2.59 bits per heavy atom. The van der Waals surface area contributed by atoms with Crippen LogP contribution >= 0.6 is 24.0 Å². The Balaban J connectivity index is 0.00000364. The molecule has 2 N–H and O–H groups in total. The van der Waals surface area contributed by atoms with Crippen molar-refractivity contribution in [3.05, 3.63) is 0 Å². The lowest BCUT2D eigenvalue weighted by molar-refractivity contribution is -0.129. The predicted octanol–water partition coefficient (Wildman–Crippen LogP) is 3.15. The van der Waals surface area contributed by atoms with Gasteiger partial charge in [0.2, 0.25) is 5.91 Å². The van der Waals surface area contributed by atoms with Crippen LogP contribution in [0, 0.1) is 5.41 Å². The number of hydrogen-bond acceptors (Lipinski definition) is 3. The molecule has 1 heterocycles. The van der Waals surface area contributed by atoms with Gasteiger partial charge in [-0.1, -0.05) is 34.1 Å². The van der Waals surface area contributed by atoms with Crippen molar-refractivity contribution in [1.29, 1.82) is 0 Å². The fraction of sp³-hybridized carbons (Fsp3) is 0.900. The minimum absolute atomic E-state index is 0. The molecule has 27 heavy (non-hydrogen) atoms. The fourth-order valence-corrected chi connectivity index (χ4v) is 3.76. The molecule has 0 spiro atoms. The van der Waals surface area contributed by atoms with Crippen molar-refractivity contribution in [2.24, 2.45) is 10.4 Å². The van der Waals surface area contributed by atoms with Gasteiger partial charge in [-0.2, -0.15) is 0 Å². The Bertz CT molecular complexity index is 498. The third kappa shape index (κ3) is 6.48. The zero-order valence-corrected chi connectivity index (χ0v) is 20.0. The lowest BCUT2D eigenvalue weighted by Gasteiger charge is -2.52. The maximum Gasteiger partial charge on any atom is 0.222 e. The summed E-state index contributed by atoms with van der Waals surface area (Å²) < 4.78 is 6.05. The highest BCUT2D eigenvalue weighted by molar-refractivity contribution is 14.0. The van der Waals surface area contributed by atoms with Crippen LogP contribution in [0.3, 0.4) is 0 Å². The zero-order chi connectivity index (χ0) is 19.2. The predicted molar refractivity (Wildman–Crippen MR) is 122 cm³/mol. The summed E-state index contributed by atoms with van der Waals surface area (Å²) in [6.45, 7) is 13.9. The minimum atomic E-state index is 0. The van der Waals surface area contributed by atoms with E-state index in [1.807, 2.05) is 18.7 Å². The van der Waals surface area contributed by atoms with E-state index in [0.29, 0.717) is 18.6 Å². The maximum atomic E-state index is 11.9. The fourth-order valence-electron chi connectivity index (χ4n) is 3.76. The van der Waals surface area contributed by atoms with Crippen LogP contribution in [-0.2, 0) is 9.53 Å². The first-order valence-electron chi connectivity index (χ1n) is 10.4. The summed E-state index contributed by atoms with van der Waals surface area (Å²) in [6.07, 6.45) is 5.20. The molecule has 1 aliphatic heterocycles. The van der Waals surface area contributed by atoms with Crippen LogP contribution < -0.4 is 10.6 Å². The van der Waals surface area contributed by atoms with E-state index in [9.17, 15) is 4.79 Å². The third-order valence-corrected chi connectivity index (χ3v) is 5.81. The molecule has 0 aromatic rings. The van der Waals surface area contributed by atoms with E-state index in [4.69, 9.17) is 4.74 Å². The number of halogens is 1. The maximum absolute atomic E-state index is 11.9. The minimum Gasteiger partial charge on any atom is -0.378 e. The number of guanidine groups is 1. The second kappa shape index (κ2) is 11.4. The first-order valence-corrected chi connectivity index (χ1v) is 10.4. The topological polar surface area (TPSA) is 66.0 Å². The molecule has 1 amide bonds. The van der Waals surface area contributed by atoms with Gasteiger partial charge in [-0.15, -0.1) is 24.0 Å². The highest BCUT2D eigenvalue weighted by Crippen LogP contribution is 2.42. The molecular weight excluding hydrogens is 455 g/mol. The van der Waals surface area contributed by atoms with Crippen molar-refractivity contribution >= 4 is 35.8 Å². The molecule has 7 heteroatoms. The average molecular weight is 494 g/mol. The molecule has 2 aliphatic rings. The summed E-state index contributed by atoms with van der Waals surface area (Å²) in [5.41, 5.74) is 0.101. The first kappa shape index (κ1) is 24.5. The molecule has 0 bridgehead atoms. The molecule has 0 aromatic carbocycles. The van der Waals surface area contributed by atoms with E-state index < -0.39 is 0 Å². The van der Waals surface area contributed by atoms with E-state index in [-0.39, 0.29) is 41.3 Å². The number of carbonyl (C=O) groups is 1. The Labute approximate surface area is 182 Å². The van der Waals surface area contributed by atoms with Crippen LogP contribution in [0.1, 0.15) is 66.7 Å². The van der Waals surface area contributed by atoms with Crippen LogP contribution in [0.2, 0.25) is 0 Å². The highest BCUT2D eigenvalue weighted by atomic mass is 127. The molecular formula is C20H39IN4O2. The molecule has 6 nitrogen and oxygen atoms in total. The van der Waals surface area contributed by atoms with E-state index >= 15 is 0 Å². The third-order valence-electron chi connectivity index (χ3n) is 5.81. The van der Waals surface area contributed by atoms with E-state index in [0.717, 1.165) is 51.5 Å². The number of amides is 1. The van der Waals surface area contributed by atoms with Crippen molar-refractivity contribution in [2.45, 2.75) is 84.9 Å². The molecule has 0 aromatic heterocycles. The van der Waals surface area contributed by atoms with Crippen molar-refractivity contribution < 1.29 is 9.53 Å². The Morgan fingerprint density at radius 2 is 2.00 bits per heavy atom. The van der Waals surface area contributed by atoms with Crippen LogP contribution in [-0.4, -0.2) is 61.2 Å². The number of likely N-dealkylation sites (tertiary alicyclic amines) is 1. The second-order valence-electron chi connectivity index (χ2n) is 8.11. The molecule has 3 atom stereocenters. The van der Waals surface area contributed by atoms with Crippen molar-refractivity contribution in [3.8, 4) is 0 Å². The number of aliphatic imine (C=N–C) groups is 1. The Morgan fingerprint density at radius 1 is 1.26 bits per heavy atom. The monoisotopic (exact) mass is 494 g/mol. The van der Waals surface area contributed by atoms with Gasteiger partial charge in [0.15, 0.2) is 5.96 Å². The van der Waals surface area contributed by atoms with Crippen LogP contribution in [0.4, 0.5) is 0 Å². The number of rotatable bonds is 8. The van der Waals surface area contributed by atoms with Gasteiger partial charge in [0.05, 0.1) is 6.10 Å². The van der Waals surface area contributed by atoms with Gasteiger partial charge in [-0.3, -0.25) is 9.79 Å². The SMILES string of the molecule is CCCCOC1CC(NC(=NCC)NC2CCN(C(=O)CC)C2)C1(C)C.I. The summed E-state index contributed by atoms with van der Waals surface area (Å²) in [6, 6.07) is 0.643. The number of nitrogens with one attached hydrogen (secondary N) is 2. The van der Waals surface area contributed by atoms with Crippen LogP contribution in [0.5, 0.6) is 0 Å². The lowest BCUT2D eigenvalue weighted by atomic mass is 9.64. The molecule has 158 valence electrons. The molecule has 1 aliphatic carbocycles. The van der Waals surface area contributed by atoms with Gasteiger partial charge in [0, 0.05) is 50.2 Å². The van der Waals surface area contributed by atoms with Gasteiger partial charge in [0.25, 0.3) is 0 Å². The van der Waals surface area contributed by atoms with Crippen LogP contribution in [0.15, 0.2) is 4.99 Å². The molecule has 1 saturated heterocycles. The standard InChI is InChI=1S/C20H38N4O2.HI/c1-6-9-12-26-17-13-16(20(17,4)5)23-19(21-8-3)22-15-10-11-24(14-15)18(25)7-2;/h15-17H,6-14H2,1-5H3,(H2,21,22,23);1H. The highest BCUT2D eigenvalue weighted by Gasteiger charge is 2.49. The smallest absolute Gasteiger partial charge is 0.222 e. The lowest BCUT2D eigenvalue weighted by Crippen LogP contribution is -2.64. The molecule has 3 unspecified atom stereocenters. The summed E-state index contributed by atoms with van der Waals surface area (Å²) in [7, 11) is 0. The van der Waals surface area contributed by atoms with Crippen LogP contribution in [0.25, 0.3) is 0 Å². The quantitative estimate of drug-likeness (QED) is 0.236. The number of ether oxygens (including phenoxy) is 1. The largest absolute Gasteiger partial charge is 0.378 e. The zero-order valence-electron chi connectivity index (χ0n) is 17.7. The Kier molecular flexibility index (Phi) is 10.4. The number of nitrogens with zero attached hydrogens (tertiary/aromatic N) is 2. The first-order chi connectivity index (χ1) is 12.4. The molecule has 2 fully saturated rings. The van der Waals surface area contributed by atoms with Crippen molar-refractivity contribution in [2.75, 3.05) is 26.2 Å². The normalized spacial score (nSPS) is 26.9. The van der Waals surface area contributed by atoms with E-state index in [2.05, 4.69) is 36.4 Å². The van der Waals surface area contributed by atoms with Crippen molar-refractivity contribution in [1.82, 2.24) is 15.5 Å². The summed E-state index contributed by atoms with van der Waals surface area (Å²) in [4.78, 5) is 18.4. The van der Waals surface area contributed by atoms with Gasteiger partial charge < -0.3 is 20.3 Å². The van der Waals surface area contributed by atoms with E-state index in [1.54, 1.807) is 0 Å².